The fourth-order valence-corrected chi connectivity index (χ4v) is 3.91. The molecule has 0 radical (unpaired) electrons. The number of nitrogens with zero attached hydrogens (tertiary/aromatic N) is 1. The SMILES string of the molecule is CSCC(=O)NC(CCCCCC(=O)CCC(=O)Nc1ccc(C(=N)N)cc1)CCCN(C)C. The standard InChI is InChI=1S/C25H41N5O3S/c1-30(2)17-7-9-20(29-24(33)18-34-3)8-5-4-6-10-22(31)15-16-23(32)28-21-13-11-19(12-14-21)25(26)27/h11-14,20H,4-10,15-18H2,1-3H3,(H3,26,27)(H,28,32)(H,29,33). The molecule has 1 aromatic carbocycles. The smallest absolute Gasteiger partial charge is 0.230 e. The van der Waals surface area contributed by atoms with Crippen molar-refractivity contribution in [1.29, 1.82) is 5.41 Å². The summed E-state index contributed by atoms with van der Waals surface area (Å²) in [6.07, 6.45) is 8.42. The minimum Gasteiger partial charge on any atom is -0.384 e. The van der Waals surface area contributed by atoms with E-state index in [1.165, 1.54) is 11.8 Å². The van der Waals surface area contributed by atoms with Crippen LogP contribution in [0.1, 0.15) is 63.4 Å². The van der Waals surface area contributed by atoms with Gasteiger partial charge in [-0.2, -0.15) is 11.8 Å². The molecule has 1 unspecified atom stereocenters. The number of thioether (sulfide) groups is 1. The van der Waals surface area contributed by atoms with Gasteiger partial charge in [-0.1, -0.05) is 12.8 Å². The summed E-state index contributed by atoms with van der Waals surface area (Å²) in [7, 11) is 4.10. The topological polar surface area (TPSA) is 128 Å². The number of nitrogens with two attached hydrogens (primary N) is 1. The van der Waals surface area contributed by atoms with Crippen LogP contribution in [0.25, 0.3) is 0 Å². The first kappa shape index (κ1) is 29.6. The summed E-state index contributed by atoms with van der Waals surface area (Å²) < 4.78 is 0. The van der Waals surface area contributed by atoms with Gasteiger partial charge in [-0.25, -0.2) is 0 Å². The minimum atomic E-state index is -0.203. The molecule has 0 spiro atoms. The van der Waals surface area contributed by atoms with Crippen molar-refractivity contribution >= 4 is 40.9 Å². The van der Waals surface area contributed by atoms with Crippen LogP contribution in [0.15, 0.2) is 24.3 Å². The summed E-state index contributed by atoms with van der Waals surface area (Å²) in [6, 6.07) is 6.90. The molecule has 0 saturated carbocycles. The molecule has 0 fully saturated rings. The second kappa shape index (κ2) is 17.1. The summed E-state index contributed by atoms with van der Waals surface area (Å²) in [5, 5.41) is 13.3. The van der Waals surface area contributed by atoms with E-state index >= 15 is 0 Å². The molecule has 1 atom stereocenters. The normalized spacial score (nSPS) is 11.8. The molecule has 34 heavy (non-hydrogen) atoms. The van der Waals surface area contributed by atoms with Crippen LogP contribution in [0.3, 0.4) is 0 Å². The maximum Gasteiger partial charge on any atom is 0.230 e. The van der Waals surface area contributed by atoms with Gasteiger partial charge in [0, 0.05) is 36.6 Å². The van der Waals surface area contributed by atoms with Gasteiger partial charge >= 0.3 is 0 Å². The number of hydrogen-bond acceptors (Lipinski definition) is 6. The Morgan fingerprint density at radius 2 is 1.65 bits per heavy atom. The van der Waals surface area contributed by atoms with Gasteiger partial charge in [0.1, 0.15) is 11.6 Å². The monoisotopic (exact) mass is 491 g/mol. The van der Waals surface area contributed by atoms with Gasteiger partial charge in [-0.3, -0.25) is 19.8 Å². The highest BCUT2D eigenvalue weighted by atomic mass is 32.2. The molecule has 0 aliphatic carbocycles. The van der Waals surface area contributed by atoms with E-state index in [1.54, 1.807) is 24.3 Å². The van der Waals surface area contributed by atoms with Crippen LogP contribution in [-0.2, 0) is 14.4 Å². The Morgan fingerprint density at radius 3 is 2.26 bits per heavy atom. The third kappa shape index (κ3) is 14.0. The highest BCUT2D eigenvalue weighted by Gasteiger charge is 2.13. The van der Waals surface area contributed by atoms with Crippen LogP contribution in [0.4, 0.5) is 5.69 Å². The minimum absolute atomic E-state index is 0.0244. The van der Waals surface area contributed by atoms with E-state index in [0.717, 1.165) is 45.1 Å². The quantitative estimate of drug-likeness (QED) is 0.142. The van der Waals surface area contributed by atoms with Crippen molar-refractivity contribution < 1.29 is 14.4 Å². The third-order valence-electron chi connectivity index (χ3n) is 5.42. The third-order valence-corrected chi connectivity index (χ3v) is 5.97. The average Bonchev–Trinajstić information content (AvgIpc) is 2.77. The van der Waals surface area contributed by atoms with E-state index in [9.17, 15) is 14.4 Å². The van der Waals surface area contributed by atoms with Crippen LogP contribution < -0.4 is 16.4 Å². The molecule has 5 N–H and O–H groups in total. The Morgan fingerprint density at radius 1 is 0.971 bits per heavy atom. The number of carbonyl (C=O) groups is 3. The summed E-state index contributed by atoms with van der Waals surface area (Å²) in [4.78, 5) is 38.4. The number of hydrogen-bond donors (Lipinski definition) is 4. The van der Waals surface area contributed by atoms with E-state index in [2.05, 4.69) is 29.6 Å². The average molecular weight is 492 g/mol. The lowest BCUT2D eigenvalue weighted by molar-refractivity contribution is -0.123. The Bertz CT molecular complexity index is 783. The number of benzene rings is 1. The molecule has 9 heteroatoms. The summed E-state index contributed by atoms with van der Waals surface area (Å²) >= 11 is 1.53. The van der Waals surface area contributed by atoms with Crippen molar-refractivity contribution in [2.75, 3.05) is 38.0 Å². The molecule has 8 nitrogen and oxygen atoms in total. The summed E-state index contributed by atoms with van der Waals surface area (Å²) in [5.41, 5.74) is 6.63. The van der Waals surface area contributed by atoms with Crippen molar-refractivity contribution in [3.05, 3.63) is 29.8 Å². The molecular formula is C25H41N5O3S. The van der Waals surface area contributed by atoms with Crippen molar-refractivity contribution in [3.63, 3.8) is 0 Å². The second-order valence-corrected chi connectivity index (χ2v) is 9.69. The number of ketones is 1. The van der Waals surface area contributed by atoms with Crippen LogP contribution in [-0.4, -0.2) is 67.0 Å². The number of unbranched alkanes of at least 4 members (excludes halogenated alkanes) is 2. The van der Waals surface area contributed by atoms with Crippen LogP contribution in [0.5, 0.6) is 0 Å². The lowest BCUT2D eigenvalue weighted by Gasteiger charge is -2.20. The Hall–Kier alpha value is -2.39. The first-order chi connectivity index (χ1) is 16.2. The Labute approximate surface area is 208 Å². The van der Waals surface area contributed by atoms with Gasteiger partial charge in [0.05, 0.1) is 5.75 Å². The highest BCUT2D eigenvalue weighted by molar-refractivity contribution is 7.99. The van der Waals surface area contributed by atoms with E-state index in [4.69, 9.17) is 11.1 Å². The van der Waals surface area contributed by atoms with Crippen molar-refractivity contribution in [1.82, 2.24) is 10.2 Å². The van der Waals surface area contributed by atoms with Crippen molar-refractivity contribution in [3.8, 4) is 0 Å². The van der Waals surface area contributed by atoms with Crippen LogP contribution >= 0.6 is 11.8 Å². The van der Waals surface area contributed by atoms with Crippen molar-refractivity contribution in [2.24, 2.45) is 5.73 Å². The highest BCUT2D eigenvalue weighted by Crippen LogP contribution is 2.13. The lowest BCUT2D eigenvalue weighted by Crippen LogP contribution is -2.36. The predicted octanol–water partition coefficient (Wildman–Crippen LogP) is 3.40. The molecule has 1 rings (SSSR count). The Kier molecular flexibility index (Phi) is 14.9. The molecule has 0 heterocycles. The largest absolute Gasteiger partial charge is 0.384 e. The second-order valence-electron chi connectivity index (χ2n) is 8.82. The molecule has 2 amide bonds. The van der Waals surface area contributed by atoms with Gasteiger partial charge in [0.2, 0.25) is 11.8 Å². The zero-order valence-electron chi connectivity index (χ0n) is 20.8. The summed E-state index contributed by atoms with van der Waals surface area (Å²) in [6.45, 7) is 1.00. The zero-order valence-corrected chi connectivity index (χ0v) is 21.6. The molecule has 0 saturated heterocycles. The fourth-order valence-electron chi connectivity index (χ4n) is 3.57. The summed E-state index contributed by atoms with van der Waals surface area (Å²) in [5.74, 6) is 0.438. The molecule has 0 aliphatic heterocycles. The van der Waals surface area contributed by atoms with Crippen LogP contribution in [0, 0.1) is 5.41 Å². The van der Waals surface area contributed by atoms with Gasteiger partial charge in [0.15, 0.2) is 0 Å². The number of amides is 2. The van der Waals surface area contributed by atoms with E-state index in [1.807, 2.05) is 6.26 Å². The fraction of sp³-hybridized carbons (Fsp3) is 0.600. The zero-order chi connectivity index (χ0) is 25.3. The number of rotatable bonds is 18. The van der Waals surface area contributed by atoms with E-state index in [-0.39, 0.29) is 42.3 Å². The van der Waals surface area contributed by atoms with Gasteiger partial charge in [0.25, 0.3) is 0 Å². The van der Waals surface area contributed by atoms with Crippen LogP contribution in [0.2, 0.25) is 0 Å². The molecule has 0 aliphatic rings. The molecule has 0 aromatic heterocycles. The number of nitrogens with one attached hydrogen (secondary N) is 3. The van der Waals surface area contributed by atoms with Crippen molar-refractivity contribution in [2.45, 2.75) is 63.8 Å². The maximum atomic E-state index is 12.2. The number of amidine groups is 1. The molecule has 190 valence electrons. The first-order valence-electron chi connectivity index (χ1n) is 11.9. The van der Waals surface area contributed by atoms with Gasteiger partial charge in [-0.05, 0) is 76.8 Å². The first-order valence-corrected chi connectivity index (χ1v) is 13.3. The van der Waals surface area contributed by atoms with Gasteiger partial charge < -0.3 is 21.3 Å². The molecule has 1 aromatic rings. The number of nitrogen functional groups attached to an aromatic ring is 1. The maximum absolute atomic E-state index is 12.2. The molecular weight excluding hydrogens is 450 g/mol. The van der Waals surface area contributed by atoms with E-state index < -0.39 is 0 Å². The number of carbonyl (C=O) groups excluding carboxylic acids is 3. The number of anilines is 1. The Balaban J connectivity index is 2.25. The predicted molar refractivity (Wildman–Crippen MR) is 142 cm³/mol. The van der Waals surface area contributed by atoms with E-state index in [0.29, 0.717) is 23.4 Å². The lowest BCUT2D eigenvalue weighted by atomic mass is 10.0. The number of Topliss-reactive ketones (excluding diaryl/α,β-unsaturated/α-hetero) is 1. The van der Waals surface area contributed by atoms with Gasteiger partial charge in [-0.15, -0.1) is 0 Å². The molecule has 0 bridgehead atoms.